The molecule has 16 rings (SSSR count). The van der Waals surface area contributed by atoms with E-state index >= 15 is 0 Å². The van der Waals surface area contributed by atoms with Gasteiger partial charge in [0.1, 0.15) is 11.2 Å². The molecule has 5 heteroatoms. The summed E-state index contributed by atoms with van der Waals surface area (Å²) in [5.74, 6) is 4.84. The Morgan fingerprint density at radius 1 is 0.418 bits per heavy atom. The van der Waals surface area contributed by atoms with E-state index in [9.17, 15) is 0 Å². The van der Waals surface area contributed by atoms with Gasteiger partial charge in [-0.1, -0.05) is 158 Å². The third-order valence-electron chi connectivity index (χ3n) is 16.9. The summed E-state index contributed by atoms with van der Waals surface area (Å²) in [6.07, 6.45) is 14.8. The van der Waals surface area contributed by atoms with Crippen molar-refractivity contribution in [3.8, 4) is 45.3 Å². The molecule has 7 aliphatic rings. The largest absolute Gasteiger partial charge is 0.456 e. The van der Waals surface area contributed by atoms with E-state index in [2.05, 4.69) is 163 Å². The molecule has 0 amide bonds. The van der Waals surface area contributed by atoms with E-state index in [-0.39, 0.29) is 5.54 Å². The lowest BCUT2D eigenvalue weighted by molar-refractivity contribution is -0.00518. The van der Waals surface area contributed by atoms with Crippen molar-refractivity contribution < 1.29 is 4.42 Å². The summed E-state index contributed by atoms with van der Waals surface area (Å²) in [5, 5.41) is 10.8. The Kier molecular flexibility index (Phi) is 9.09. The zero-order valence-electron chi connectivity index (χ0n) is 37.9. The van der Waals surface area contributed by atoms with Gasteiger partial charge in [-0.25, -0.2) is 15.0 Å². The van der Waals surface area contributed by atoms with Crippen LogP contribution in [0.1, 0.15) is 81.8 Å². The quantitative estimate of drug-likeness (QED) is 0.180. The van der Waals surface area contributed by atoms with Gasteiger partial charge in [0.05, 0.1) is 0 Å². The van der Waals surface area contributed by atoms with Gasteiger partial charge in [0.15, 0.2) is 17.5 Å². The van der Waals surface area contributed by atoms with Crippen LogP contribution in [0.25, 0.3) is 88.8 Å². The summed E-state index contributed by atoms with van der Waals surface area (Å²) in [7, 11) is 0. The predicted octanol–water partition coefficient (Wildman–Crippen LogP) is 15.5. The van der Waals surface area contributed by atoms with Gasteiger partial charge < -0.3 is 9.73 Å². The normalized spacial score (nSPS) is 25.0. The van der Waals surface area contributed by atoms with Crippen LogP contribution in [-0.2, 0) is 11.0 Å². The van der Waals surface area contributed by atoms with E-state index in [1.54, 1.807) is 0 Å². The van der Waals surface area contributed by atoms with Crippen LogP contribution in [-0.4, -0.2) is 21.0 Å². The van der Waals surface area contributed by atoms with Crippen LogP contribution in [0.5, 0.6) is 0 Å². The predicted molar refractivity (Wildman–Crippen MR) is 273 cm³/mol. The highest BCUT2D eigenvalue weighted by atomic mass is 16.3. The van der Waals surface area contributed by atoms with Crippen molar-refractivity contribution in [3.63, 3.8) is 0 Å². The van der Waals surface area contributed by atoms with Gasteiger partial charge in [-0.3, -0.25) is 0 Å². The molecule has 6 bridgehead atoms. The van der Waals surface area contributed by atoms with Crippen molar-refractivity contribution in [2.24, 2.45) is 17.8 Å². The van der Waals surface area contributed by atoms with E-state index in [4.69, 9.17) is 19.4 Å². The van der Waals surface area contributed by atoms with Crippen molar-refractivity contribution >= 4 is 43.5 Å². The highest BCUT2D eigenvalue weighted by Crippen LogP contribution is 2.61. The summed E-state index contributed by atoms with van der Waals surface area (Å²) >= 11 is 0. The van der Waals surface area contributed by atoms with Crippen molar-refractivity contribution in [2.75, 3.05) is 0 Å². The lowest BCUT2D eigenvalue weighted by Gasteiger charge is -2.57. The van der Waals surface area contributed by atoms with Gasteiger partial charge >= 0.3 is 0 Å². The first-order valence-corrected chi connectivity index (χ1v) is 25.0. The monoisotopic (exact) mass is 870 g/mol. The third-order valence-corrected chi connectivity index (χ3v) is 16.9. The molecule has 0 spiro atoms. The minimum atomic E-state index is 0.110. The van der Waals surface area contributed by atoms with Crippen LogP contribution in [0.4, 0.5) is 0 Å². The first-order valence-electron chi connectivity index (χ1n) is 25.0. The lowest BCUT2D eigenvalue weighted by Crippen LogP contribution is -2.59. The Hall–Kier alpha value is -6.69. The molecule has 67 heavy (non-hydrogen) atoms. The first-order chi connectivity index (χ1) is 33.0. The molecule has 5 saturated carbocycles. The van der Waals surface area contributed by atoms with E-state index in [1.807, 2.05) is 6.07 Å². The van der Waals surface area contributed by atoms with Crippen LogP contribution in [0, 0.1) is 17.8 Å². The maximum Gasteiger partial charge on any atom is 0.164 e. The van der Waals surface area contributed by atoms with E-state index in [1.165, 1.54) is 92.5 Å². The third kappa shape index (κ3) is 6.72. The molecule has 2 aromatic heterocycles. The molecular weight excluding hydrogens is 817 g/mol. The second kappa shape index (κ2) is 15.4. The average molecular weight is 871 g/mol. The maximum atomic E-state index is 6.82. The number of nitrogens with zero attached hydrogens (tertiary/aromatic N) is 3. The first kappa shape index (κ1) is 39.5. The molecular formula is C62H54N4O. The lowest BCUT2D eigenvalue weighted by atomic mass is 9.48. The summed E-state index contributed by atoms with van der Waals surface area (Å²) in [5.41, 5.74) is 10.3. The molecule has 7 fully saturated rings. The molecule has 9 aromatic rings. The van der Waals surface area contributed by atoms with Crippen LogP contribution in [0.2, 0.25) is 0 Å². The number of hydrogen-bond donors (Lipinski definition) is 1. The number of benzene rings is 7. The van der Waals surface area contributed by atoms with E-state index in [0.717, 1.165) is 84.1 Å². The number of rotatable bonds is 6. The SMILES string of the molecule is c1ccc2c(c1)oc1ccc(-c3ccc(-c4nc(-c5ccc(C67CC8CC(CC(C8)C6)C7)cc5)nc(-c5ccc(C67CCCC[C@@H](C6)N7)cc5)n4)cc3)cc1c1ccccc1c1ccccc21. The topological polar surface area (TPSA) is 63.8 Å². The Labute approximate surface area is 392 Å². The smallest absolute Gasteiger partial charge is 0.164 e. The fraction of sp³-hybridized carbons (Fsp3) is 0.274. The number of hydrogen-bond acceptors (Lipinski definition) is 5. The van der Waals surface area contributed by atoms with Crippen molar-refractivity contribution in [1.82, 2.24) is 20.3 Å². The second-order valence-corrected chi connectivity index (χ2v) is 21.0. The Bertz CT molecular complexity index is 3410. The maximum absolute atomic E-state index is 6.82. The Balaban J connectivity index is 0.853. The molecule has 0 radical (unpaired) electrons. The van der Waals surface area contributed by atoms with Crippen LogP contribution < -0.4 is 5.32 Å². The molecule has 2 saturated heterocycles. The zero-order chi connectivity index (χ0) is 44.1. The summed E-state index contributed by atoms with van der Waals surface area (Å²) in [4.78, 5) is 15.7. The van der Waals surface area contributed by atoms with Gasteiger partial charge in [0, 0.05) is 39.0 Å². The minimum Gasteiger partial charge on any atom is -0.456 e. The molecule has 7 aromatic carbocycles. The number of aromatic nitrogens is 3. The molecule has 328 valence electrons. The fourth-order valence-corrected chi connectivity index (χ4v) is 14.1. The summed E-state index contributed by atoms with van der Waals surface area (Å²) in [6.45, 7) is 0. The second-order valence-electron chi connectivity index (χ2n) is 21.0. The number of fused-ring (bicyclic) bond motifs is 10. The van der Waals surface area contributed by atoms with Gasteiger partial charge in [0.2, 0.25) is 0 Å². The fourth-order valence-electron chi connectivity index (χ4n) is 14.1. The highest BCUT2D eigenvalue weighted by molar-refractivity contribution is 6.18. The molecule has 1 unspecified atom stereocenters. The van der Waals surface area contributed by atoms with Gasteiger partial charge in [-0.05, 0) is 143 Å². The molecule has 5 aliphatic carbocycles. The molecule has 4 heterocycles. The van der Waals surface area contributed by atoms with E-state index < -0.39 is 0 Å². The number of para-hydroxylation sites is 1. The van der Waals surface area contributed by atoms with Crippen molar-refractivity contribution in [1.29, 1.82) is 0 Å². The van der Waals surface area contributed by atoms with Crippen LogP contribution in [0.15, 0.2) is 168 Å². The van der Waals surface area contributed by atoms with Gasteiger partial charge in [0.25, 0.3) is 0 Å². The van der Waals surface area contributed by atoms with Crippen molar-refractivity contribution in [3.05, 3.63) is 175 Å². The summed E-state index contributed by atoms with van der Waals surface area (Å²) in [6, 6.07) is 60.2. The average Bonchev–Trinajstić information content (AvgIpc) is 3.70. The standard InChI is InChI=1S/C62H54N4O/c1-3-12-52-50(10-1)51-11-2-4-13-53(51)55-34-46(24-29-57(55)67-56-15-6-5-14-54(52)56)42-16-18-43(19-17-42)58-63-59(44-20-25-47(26-21-44)61-35-39-31-40(36-61)33-41(32-39)37-61)65-60(64-58)45-22-27-48(28-23-45)62-30-8-7-9-49(38-62)66-62/h1-6,10-29,34,39-41,49,66H,7-9,30-33,35-38H2/t39?,40?,41?,49-,61?,62?/m0/s1. The highest BCUT2D eigenvalue weighted by Gasteiger charge is 2.51. The van der Waals surface area contributed by atoms with Crippen LogP contribution in [0.3, 0.4) is 0 Å². The summed E-state index contributed by atoms with van der Waals surface area (Å²) < 4.78 is 6.82. The minimum absolute atomic E-state index is 0.110. The Morgan fingerprint density at radius 2 is 0.866 bits per heavy atom. The van der Waals surface area contributed by atoms with Gasteiger partial charge in [-0.15, -0.1) is 0 Å². The molecule has 2 aliphatic heterocycles. The van der Waals surface area contributed by atoms with Crippen molar-refractivity contribution in [2.45, 2.75) is 87.6 Å². The number of nitrogens with one attached hydrogen (secondary N) is 1. The van der Waals surface area contributed by atoms with Gasteiger partial charge in [-0.2, -0.15) is 0 Å². The molecule has 1 N–H and O–H groups in total. The molecule has 5 nitrogen and oxygen atoms in total. The van der Waals surface area contributed by atoms with E-state index in [0.29, 0.717) is 23.1 Å². The molecule has 2 atom stereocenters. The van der Waals surface area contributed by atoms with Crippen LogP contribution >= 0.6 is 0 Å². The Morgan fingerprint density at radius 3 is 1.45 bits per heavy atom. The zero-order valence-corrected chi connectivity index (χ0v) is 37.9.